The third-order valence-electron chi connectivity index (χ3n) is 5.88. The quantitative estimate of drug-likeness (QED) is 0.800. The molecule has 1 aromatic carbocycles. The third-order valence-corrected chi connectivity index (χ3v) is 5.88. The number of hydrogen-bond acceptors (Lipinski definition) is 5. The number of aryl methyl sites for hydroxylation is 2. The molecule has 2 saturated heterocycles. The lowest BCUT2D eigenvalue weighted by atomic mass is 10.2. The Bertz CT molecular complexity index is 852. The molecule has 0 aliphatic carbocycles. The first-order valence-electron chi connectivity index (χ1n) is 10.8. The molecule has 0 bridgehead atoms. The maximum absolute atomic E-state index is 13.0. The predicted molar refractivity (Wildman–Crippen MR) is 117 cm³/mol. The molecule has 0 atom stereocenters. The number of benzene rings is 1. The molecule has 0 saturated carbocycles. The van der Waals surface area contributed by atoms with Crippen LogP contribution in [0.4, 0.5) is 11.6 Å². The number of rotatable bonds is 3. The summed E-state index contributed by atoms with van der Waals surface area (Å²) in [4.78, 5) is 28.9. The highest BCUT2D eigenvalue weighted by Crippen LogP contribution is 2.21. The van der Waals surface area contributed by atoms with E-state index in [4.69, 9.17) is 0 Å². The fraction of sp³-hybridized carbons (Fsp3) is 0.522. The summed E-state index contributed by atoms with van der Waals surface area (Å²) < 4.78 is 0. The third kappa shape index (κ3) is 4.69. The van der Waals surface area contributed by atoms with Gasteiger partial charge in [-0.15, -0.1) is 0 Å². The van der Waals surface area contributed by atoms with Gasteiger partial charge in [0, 0.05) is 50.6 Å². The monoisotopic (exact) mass is 393 g/mol. The number of carbonyl (C=O) groups excluding carboxylic acids is 1. The minimum absolute atomic E-state index is 0.0528. The van der Waals surface area contributed by atoms with E-state index in [0.29, 0.717) is 11.6 Å². The molecule has 4 rings (SSSR count). The summed E-state index contributed by atoms with van der Waals surface area (Å²) in [5.74, 6) is 0.740. The highest BCUT2D eigenvalue weighted by molar-refractivity contribution is 5.92. The van der Waals surface area contributed by atoms with Crippen LogP contribution >= 0.6 is 0 Å². The van der Waals surface area contributed by atoms with Crippen LogP contribution in [0.15, 0.2) is 30.3 Å². The zero-order valence-electron chi connectivity index (χ0n) is 17.6. The smallest absolute Gasteiger partial charge is 0.272 e. The van der Waals surface area contributed by atoms with Gasteiger partial charge in [0.25, 0.3) is 5.91 Å². The van der Waals surface area contributed by atoms with E-state index < -0.39 is 0 Å². The predicted octanol–water partition coefficient (Wildman–Crippen LogP) is 3.44. The van der Waals surface area contributed by atoms with Crippen molar-refractivity contribution in [1.82, 2.24) is 14.9 Å². The number of amides is 1. The van der Waals surface area contributed by atoms with Crippen LogP contribution in [0.3, 0.4) is 0 Å². The van der Waals surface area contributed by atoms with Crippen LogP contribution in [0.1, 0.15) is 47.4 Å². The fourth-order valence-corrected chi connectivity index (χ4v) is 4.23. The lowest BCUT2D eigenvalue weighted by Crippen LogP contribution is -2.47. The molecule has 29 heavy (non-hydrogen) atoms. The molecule has 0 N–H and O–H groups in total. The first kappa shape index (κ1) is 19.7. The SMILES string of the molecule is Cc1cccc(N2CCN(c3nc(C)cc(C(=O)N4CCCCCC4)n3)CC2)c1. The molecule has 0 unspecified atom stereocenters. The Kier molecular flexibility index (Phi) is 5.97. The van der Waals surface area contributed by atoms with Gasteiger partial charge in [-0.05, 0) is 50.5 Å². The van der Waals surface area contributed by atoms with Gasteiger partial charge in [0.2, 0.25) is 5.95 Å². The molecule has 0 radical (unpaired) electrons. The molecule has 2 fully saturated rings. The van der Waals surface area contributed by atoms with E-state index in [2.05, 4.69) is 51.0 Å². The van der Waals surface area contributed by atoms with Gasteiger partial charge in [0.1, 0.15) is 5.69 Å². The maximum atomic E-state index is 13.0. The zero-order valence-corrected chi connectivity index (χ0v) is 17.6. The topological polar surface area (TPSA) is 52.6 Å². The maximum Gasteiger partial charge on any atom is 0.272 e. The van der Waals surface area contributed by atoms with E-state index in [9.17, 15) is 4.79 Å². The summed E-state index contributed by atoms with van der Waals surface area (Å²) in [6.07, 6.45) is 4.60. The van der Waals surface area contributed by atoms with Crippen molar-refractivity contribution in [2.45, 2.75) is 39.5 Å². The minimum atomic E-state index is 0.0528. The fourth-order valence-electron chi connectivity index (χ4n) is 4.23. The van der Waals surface area contributed by atoms with Crippen molar-refractivity contribution in [3.63, 3.8) is 0 Å². The number of aromatic nitrogens is 2. The number of likely N-dealkylation sites (tertiary alicyclic amines) is 1. The second kappa shape index (κ2) is 8.80. The summed E-state index contributed by atoms with van der Waals surface area (Å²) in [5.41, 5.74) is 3.94. The Morgan fingerprint density at radius 3 is 2.21 bits per heavy atom. The second-order valence-corrected chi connectivity index (χ2v) is 8.21. The standard InChI is InChI=1S/C23H31N5O/c1-18-8-7-9-20(16-18)26-12-14-28(15-13-26)23-24-19(2)17-21(25-23)22(29)27-10-5-3-4-6-11-27/h7-9,16-17H,3-6,10-15H2,1-2H3. The van der Waals surface area contributed by atoms with Crippen LogP contribution in [-0.4, -0.2) is 60.0 Å². The molecule has 0 spiro atoms. The number of carbonyl (C=O) groups is 1. The Morgan fingerprint density at radius 1 is 0.828 bits per heavy atom. The van der Waals surface area contributed by atoms with E-state index in [1.54, 1.807) is 0 Å². The van der Waals surface area contributed by atoms with Gasteiger partial charge >= 0.3 is 0 Å². The summed E-state index contributed by atoms with van der Waals surface area (Å²) in [5, 5.41) is 0. The van der Waals surface area contributed by atoms with Gasteiger partial charge in [-0.3, -0.25) is 4.79 Å². The Balaban J connectivity index is 1.46. The van der Waals surface area contributed by atoms with Crippen LogP contribution < -0.4 is 9.80 Å². The average Bonchev–Trinajstić information content (AvgIpc) is 3.02. The summed E-state index contributed by atoms with van der Waals surface area (Å²) in [6, 6.07) is 10.5. The van der Waals surface area contributed by atoms with Crippen molar-refractivity contribution in [1.29, 1.82) is 0 Å². The molecule has 2 aliphatic rings. The molecular formula is C23H31N5O. The highest BCUT2D eigenvalue weighted by atomic mass is 16.2. The van der Waals surface area contributed by atoms with Gasteiger partial charge in [0.15, 0.2) is 0 Å². The number of anilines is 2. The molecule has 2 aliphatic heterocycles. The van der Waals surface area contributed by atoms with Gasteiger partial charge in [-0.2, -0.15) is 0 Å². The zero-order chi connectivity index (χ0) is 20.2. The number of nitrogens with zero attached hydrogens (tertiary/aromatic N) is 5. The van der Waals surface area contributed by atoms with Gasteiger partial charge in [0.05, 0.1) is 0 Å². The largest absolute Gasteiger partial charge is 0.368 e. The molecule has 154 valence electrons. The van der Waals surface area contributed by atoms with Crippen molar-refractivity contribution in [3.05, 3.63) is 47.3 Å². The van der Waals surface area contributed by atoms with Crippen molar-refractivity contribution in [2.75, 3.05) is 49.1 Å². The van der Waals surface area contributed by atoms with E-state index in [0.717, 1.165) is 57.8 Å². The summed E-state index contributed by atoms with van der Waals surface area (Å²) in [6.45, 7) is 9.32. The van der Waals surface area contributed by atoms with Gasteiger partial charge < -0.3 is 14.7 Å². The Labute approximate surface area is 173 Å². The van der Waals surface area contributed by atoms with Crippen LogP contribution in [0, 0.1) is 13.8 Å². The van der Waals surface area contributed by atoms with Crippen molar-refractivity contribution >= 4 is 17.5 Å². The highest BCUT2D eigenvalue weighted by Gasteiger charge is 2.23. The molecule has 1 amide bonds. The first-order chi connectivity index (χ1) is 14.1. The number of hydrogen-bond donors (Lipinski definition) is 0. The van der Waals surface area contributed by atoms with Crippen molar-refractivity contribution in [2.24, 2.45) is 0 Å². The average molecular weight is 394 g/mol. The van der Waals surface area contributed by atoms with Crippen LogP contribution in [0.2, 0.25) is 0 Å². The Morgan fingerprint density at radius 2 is 1.52 bits per heavy atom. The number of piperazine rings is 1. The molecule has 1 aromatic heterocycles. The molecule has 3 heterocycles. The van der Waals surface area contributed by atoms with E-state index in [-0.39, 0.29) is 5.91 Å². The first-order valence-corrected chi connectivity index (χ1v) is 10.8. The van der Waals surface area contributed by atoms with E-state index in [1.807, 2.05) is 17.9 Å². The lowest BCUT2D eigenvalue weighted by molar-refractivity contribution is 0.0755. The van der Waals surface area contributed by atoms with Crippen LogP contribution in [-0.2, 0) is 0 Å². The Hall–Kier alpha value is -2.63. The van der Waals surface area contributed by atoms with Crippen molar-refractivity contribution in [3.8, 4) is 0 Å². The van der Waals surface area contributed by atoms with Gasteiger partial charge in [-0.1, -0.05) is 25.0 Å². The van der Waals surface area contributed by atoms with E-state index >= 15 is 0 Å². The van der Waals surface area contributed by atoms with Gasteiger partial charge in [-0.25, -0.2) is 9.97 Å². The minimum Gasteiger partial charge on any atom is -0.368 e. The van der Waals surface area contributed by atoms with E-state index in [1.165, 1.54) is 24.1 Å². The summed E-state index contributed by atoms with van der Waals surface area (Å²) in [7, 11) is 0. The molecule has 6 nitrogen and oxygen atoms in total. The van der Waals surface area contributed by atoms with Crippen LogP contribution in [0.25, 0.3) is 0 Å². The lowest BCUT2D eigenvalue weighted by Gasteiger charge is -2.36. The molecule has 2 aromatic rings. The molecular weight excluding hydrogens is 362 g/mol. The molecule has 6 heteroatoms. The second-order valence-electron chi connectivity index (χ2n) is 8.21. The van der Waals surface area contributed by atoms with Crippen LogP contribution in [0.5, 0.6) is 0 Å². The summed E-state index contributed by atoms with van der Waals surface area (Å²) >= 11 is 0. The normalized spacial score (nSPS) is 17.9. The van der Waals surface area contributed by atoms with Crippen molar-refractivity contribution < 1.29 is 4.79 Å².